The van der Waals surface area contributed by atoms with Crippen LogP contribution in [0.4, 0.5) is 0 Å². The zero-order chi connectivity index (χ0) is 10.6. The van der Waals surface area contributed by atoms with Gasteiger partial charge in [0.15, 0.2) is 5.78 Å². The summed E-state index contributed by atoms with van der Waals surface area (Å²) in [5.74, 6) is 0.00634. The summed E-state index contributed by atoms with van der Waals surface area (Å²) in [6.45, 7) is 0.641. The number of benzene rings is 1. The highest BCUT2D eigenvalue weighted by molar-refractivity contribution is 6.43. The normalized spacial score (nSPS) is 10.2. The highest BCUT2D eigenvalue weighted by Gasteiger charge is 2.11. The van der Waals surface area contributed by atoms with Gasteiger partial charge in [-0.25, -0.2) is 0 Å². The fourth-order valence-electron chi connectivity index (χ4n) is 1.09. The van der Waals surface area contributed by atoms with Crippen molar-refractivity contribution in [1.82, 2.24) is 5.32 Å². The van der Waals surface area contributed by atoms with Crippen molar-refractivity contribution in [2.24, 2.45) is 0 Å². The Bertz CT molecular complexity index is 339. The highest BCUT2D eigenvalue weighted by atomic mass is 35.5. The molecule has 0 atom stereocenters. The largest absolute Gasteiger partial charge is 0.319 e. The van der Waals surface area contributed by atoms with Crippen LogP contribution in [0.15, 0.2) is 18.2 Å². The van der Waals surface area contributed by atoms with Gasteiger partial charge in [-0.15, -0.1) is 0 Å². The van der Waals surface area contributed by atoms with Crippen molar-refractivity contribution in [3.63, 3.8) is 0 Å². The molecular formula is C10H11Cl2NO. The number of rotatable bonds is 4. The van der Waals surface area contributed by atoms with E-state index < -0.39 is 0 Å². The van der Waals surface area contributed by atoms with Crippen molar-refractivity contribution in [2.75, 3.05) is 13.6 Å². The minimum absolute atomic E-state index is 0.00634. The third-order valence-electron chi connectivity index (χ3n) is 1.85. The van der Waals surface area contributed by atoms with Crippen LogP contribution in [0.5, 0.6) is 0 Å². The number of carbonyl (C=O) groups excluding carboxylic acids is 1. The van der Waals surface area contributed by atoms with Gasteiger partial charge in [0.25, 0.3) is 0 Å². The van der Waals surface area contributed by atoms with Gasteiger partial charge in [0.1, 0.15) is 0 Å². The molecule has 0 aliphatic rings. The highest BCUT2D eigenvalue weighted by Crippen LogP contribution is 2.26. The average Bonchev–Trinajstić information content (AvgIpc) is 2.18. The van der Waals surface area contributed by atoms with Gasteiger partial charge in [-0.2, -0.15) is 0 Å². The minimum Gasteiger partial charge on any atom is -0.319 e. The average molecular weight is 232 g/mol. The maximum atomic E-state index is 11.6. The molecule has 0 aliphatic heterocycles. The van der Waals surface area contributed by atoms with Crippen LogP contribution < -0.4 is 5.32 Å². The molecule has 0 saturated carbocycles. The van der Waals surface area contributed by atoms with Crippen LogP contribution in [0, 0.1) is 0 Å². The smallest absolute Gasteiger partial charge is 0.165 e. The second kappa shape index (κ2) is 5.35. The third-order valence-corrected chi connectivity index (χ3v) is 2.67. The molecule has 14 heavy (non-hydrogen) atoms. The lowest BCUT2D eigenvalue weighted by molar-refractivity contribution is 0.0983. The second-order valence-corrected chi connectivity index (χ2v) is 3.66. The summed E-state index contributed by atoms with van der Waals surface area (Å²) < 4.78 is 0. The number of carbonyl (C=O) groups is 1. The van der Waals surface area contributed by atoms with Crippen LogP contribution in [0.2, 0.25) is 10.0 Å². The molecule has 1 aromatic carbocycles. The minimum atomic E-state index is 0.00634. The first-order valence-corrected chi connectivity index (χ1v) is 5.04. The Kier molecular flexibility index (Phi) is 4.39. The number of ketones is 1. The molecule has 2 nitrogen and oxygen atoms in total. The van der Waals surface area contributed by atoms with Gasteiger partial charge in [-0.1, -0.05) is 29.3 Å². The van der Waals surface area contributed by atoms with E-state index in [1.54, 1.807) is 25.2 Å². The van der Waals surface area contributed by atoms with Crippen molar-refractivity contribution < 1.29 is 4.79 Å². The van der Waals surface area contributed by atoms with Crippen molar-refractivity contribution >= 4 is 29.0 Å². The van der Waals surface area contributed by atoms with E-state index in [1.165, 1.54) is 0 Å². The molecule has 0 aromatic heterocycles. The second-order valence-electron chi connectivity index (χ2n) is 2.88. The topological polar surface area (TPSA) is 29.1 Å². The monoisotopic (exact) mass is 231 g/mol. The van der Waals surface area contributed by atoms with Gasteiger partial charge in [0, 0.05) is 18.5 Å². The Morgan fingerprint density at radius 3 is 2.79 bits per heavy atom. The lowest BCUT2D eigenvalue weighted by atomic mass is 10.1. The quantitative estimate of drug-likeness (QED) is 0.808. The molecule has 76 valence electrons. The van der Waals surface area contributed by atoms with E-state index in [2.05, 4.69) is 5.32 Å². The van der Waals surface area contributed by atoms with Crippen LogP contribution in [0.1, 0.15) is 16.8 Å². The first-order valence-electron chi connectivity index (χ1n) is 4.28. The first kappa shape index (κ1) is 11.5. The van der Waals surface area contributed by atoms with Crippen molar-refractivity contribution in [3.05, 3.63) is 33.8 Å². The van der Waals surface area contributed by atoms with Gasteiger partial charge in [0.05, 0.1) is 10.0 Å². The molecule has 0 spiro atoms. The molecule has 0 fully saturated rings. The summed E-state index contributed by atoms with van der Waals surface area (Å²) >= 11 is 11.7. The van der Waals surface area contributed by atoms with Crippen LogP contribution >= 0.6 is 23.2 Å². The molecular weight excluding hydrogens is 221 g/mol. The molecule has 0 bridgehead atoms. The van der Waals surface area contributed by atoms with Gasteiger partial charge in [0.2, 0.25) is 0 Å². The zero-order valence-corrected chi connectivity index (χ0v) is 9.32. The summed E-state index contributed by atoms with van der Waals surface area (Å²) in [6.07, 6.45) is 0.427. The Balaban J connectivity index is 2.84. The fourth-order valence-corrected chi connectivity index (χ4v) is 1.50. The Morgan fingerprint density at radius 2 is 2.14 bits per heavy atom. The maximum absolute atomic E-state index is 11.6. The molecule has 0 radical (unpaired) electrons. The number of hydrogen-bond donors (Lipinski definition) is 1. The lowest BCUT2D eigenvalue weighted by Crippen LogP contribution is -2.13. The number of Topliss-reactive ketones (excluding diaryl/α,β-unsaturated/α-hetero) is 1. The van der Waals surface area contributed by atoms with E-state index >= 15 is 0 Å². The third kappa shape index (κ3) is 2.71. The van der Waals surface area contributed by atoms with E-state index in [0.29, 0.717) is 28.6 Å². The van der Waals surface area contributed by atoms with E-state index in [-0.39, 0.29) is 5.78 Å². The SMILES string of the molecule is CNCCC(=O)c1cccc(Cl)c1Cl. The molecule has 4 heteroatoms. The Labute approximate surface area is 93.2 Å². The molecule has 0 unspecified atom stereocenters. The van der Waals surface area contributed by atoms with Crippen LogP contribution in [0.25, 0.3) is 0 Å². The number of nitrogens with one attached hydrogen (secondary N) is 1. The maximum Gasteiger partial charge on any atom is 0.165 e. The van der Waals surface area contributed by atoms with Crippen molar-refractivity contribution in [1.29, 1.82) is 0 Å². The standard InChI is InChI=1S/C10H11Cl2NO/c1-13-6-5-9(14)7-3-2-4-8(11)10(7)12/h2-4,13H,5-6H2,1H3. The van der Waals surface area contributed by atoms with Gasteiger partial charge in [-0.05, 0) is 19.2 Å². The van der Waals surface area contributed by atoms with Crippen LogP contribution in [-0.4, -0.2) is 19.4 Å². The van der Waals surface area contributed by atoms with E-state index in [0.717, 1.165) is 0 Å². The van der Waals surface area contributed by atoms with E-state index in [1.807, 2.05) is 0 Å². The molecule has 1 aromatic rings. The van der Waals surface area contributed by atoms with Gasteiger partial charge >= 0.3 is 0 Å². The Hall–Kier alpha value is -0.570. The van der Waals surface area contributed by atoms with E-state index in [4.69, 9.17) is 23.2 Å². The molecule has 0 saturated heterocycles. The van der Waals surface area contributed by atoms with Gasteiger partial charge in [-0.3, -0.25) is 4.79 Å². The zero-order valence-electron chi connectivity index (χ0n) is 7.81. The van der Waals surface area contributed by atoms with E-state index in [9.17, 15) is 4.79 Å². The summed E-state index contributed by atoms with van der Waals surface area (Å²) in [4.78, 5) is 11.6. The van der Waals surface area contributed by atoms with Gasteiger partial charge < -0.3 is 5.32 Å². The number of hydrogen-bond acceptors (Lipinski definition) is 2. The molecule has 0 aliphatic carbocycles. The molecule has 0 heterocycles. The molecule has 1 N–H and O–H groups in total. The predicted octanol–water partition coefficient (Wildman–Crippen LogP) is 2.79. The summed E-state index contributed by atoms with van der Waals surface area (Å²) in [5.41, 5.74) is 0.495. The first-order chi connectivity index (χ1) is 6.66. The van der Waals surface area contributed by atoms with Crippen LogP contribution in [-0.2, 0) is 0 Å². The molecule has 1 rings (SSSR count). The fraction of sp³-hybridized carbons (Fsp3) is 0.300. The summed E-state index contributed by atoms with van der Waals surface area (Å²) in [5, 5.41) is 3.67. The number of halogens is 2. The van der Waals surface area contributed by atoms with Crippen LogP contribution in [0.3, 0.4) is 0 Å². The predicted molar refractivity (Wildman–Crippen MR) is 59.3 cm³/mol. The van der Waals surface area contributed by atoms with Crippen molar-refractivity contribution in [2.45, 2.75) is 6.42 Å². The van der Waals surface area contributed by atoms with Crippen molar-refractivity contribution in [3.8, 4) is 0 Å². The Morgan fingerprint density at radius 1 is 1.43 bits per heavy atom. The summed E-state index contributed by atoms with van der Waals surface area (Å²) in [6, 6.07) is 5.08. The lowest BCUT2D eigenvalue weighted by Gasteiger charge is -2.04. The summed E-state index contributed by atoms with van der Waals surface area (Å²) in [7, 11) is 1.80. The molecule has 0 amide bonds.